The molecule has 0 atom stereocenters. The second-order valence-electron chi connectivity index (χ2n) is 4.47. The Labute approximate surface area is 112 Å². The van der Waals surface area contributed by atoms with Crippen molar-refractivity contribution >= 4 is 16.7 Å². The van der Waals surface area contributed by atoms with Crippen LogP contribution in [-0.2, 0) is 23.0 Å². The maximum absolute atomic E-state index is 11.9. The number of aromatic nitrogens is 2. The van der Waals surface area contributed by atoms with Crippen LogP contribution < -0.4 is 5.32 Å². The van der Waals surface area contributed by atoms with E-state index in [2.05, 4.69) is 10.4 Å². The summed E-state index contributed by atoms with van der Waals surface area (Å²) in [6, 6.07) is 7.95. The SMILES string of the molecule is COCCNCC(=O)Cc1nn(C)c2ccccc12. The smallest absolute Gasteiger partial charge is 0.152 e. The molecule has 0 fully saturated rings. The highest BCUT2D eigenvalue weighted by Crippen LogP contribution is 2.17. The quantitative estimate of drug-likeness (QED) is 0.753. The number of nitrogens with zero attached hydrogens (tertiary/aromatic N) is 2. The largest absolute Gasteiger partial charge is 0.383 e. The Morgan fingerprint density at radius 1 is 1.42 bits per heavy atom. The van der Waals surface area contributed by atoms with Crippen molar-refractivity contribution in [1.82, 2.24) is 15.1 Å². The van der Waals surface area contributed by atoms with Crippen LogP contribution in [0.5, 0.6) is 0 Å². The highest BCUT2D eigenvalue weighted by Gasteiger charge is 2.11. The minimum absolute atomic E-state index is 0.139. The van der Waals surface area contributed by atoms with Crippen LogP contribution in [0.4, 0.5) is 0 Å². The van der Waals surface area contributed by atoms with E-state index in [0.29, 0.717) is 26.1 Å². The third kappa shape index (κ3) is 3.39. The number of rotatable bonds is 7. The van der Waals surface area contributed by atoms with Gasteiger partial charge >= 0.3 is 0 Å². The van der Waals surface area contributed by atoms with Crippen LogP contribution in [0.25, 0.3) is 10.9 Å². The third-order valence-electron chi connectivity index (χ3n) is 3.00. The molecule has 0 amide bonds. The first-order chi connectivity index (χ1) is 9.22. The second-order valence-corrected chi connectivity index (χ2v) is 4.47. The van der Waals surface area contributed by atoms with E-state index in [1.54, 1.807) is 7.11 Å². The van der Waals surface area contributed by atoms with Crippen LogP contribution in [0.1, 0.15) is 5.69 Å². The first kappa shape index (κ1) is 13.7. The fourth-order valence-electron chi connectivity index (χ4n) is 2.07. The molecule has 0 aliphatic rings. The molecule has 0 bridgehead atoms. The van der Waals surface area contributed by atoms with Gasteiger partial charge in [-0.1, -0.05) is 18.2 Å². The van der Waals surface area contributed by atoms with Crippen molar-refractivity contribution in [3.63, 3.8) is 0 Å². The van der Waals surface area contributed by atoms with Gasteiger partial charge in [0.25, 0.3) is 0 Å². The fourth-order valence-corrected chi connectivity index (χ4v) is 2.07. The number of ether oxygens (including phenoxy) is 1. The predicted molar refractivity (Wildman–Crippen MR) is 74.2 cm³/mol. The molecule has 2 rings (SSSR count). The highest BCUT2D eigenvalue weighted by atomic mass is 16.5. The molecular formula is C14H19N3O2. The molecule has 0 unspecified atom stereocenters. The Bertz CT molecular complexity index is 563. The number of fused-ring (bicyclic) bond motifs is 1. The Hall–Kier alpha value is -1.72. The number of hydrogen-bond donors (Lipinski definition) is 1. The summed E-state index contributed by atoms with van der Waals surface area (Å²) in [5.41, 5.74) is 1.90. The molecule has 5 nitrogen and oxygen atoms in total. The minimum Gasteiger partial charge on any atom is -0.383 e. The van der Waals surface area contributed by atoms with Gasteiger partial charge in [0.2, 0.25) is 0 Å². The van der Waals surface area contributed by atoms with Crippen LogP contribution in [0.15, 0.2) is 24.3 Å². The number of carbonyl (C=O) groups is 1. The number of para-hydroxylation sites is 1. The van der Waals surface area contributed by atoms with Crippen LogP contribution in [0.3, 0.4) is 0 Å². The van der Waals surface area contributed by atoms with Crippen molar-refractivity contribution in [3.05, 3.63) is 30.0 Å². The van der Waals surface area contributed by atoms with E-state index in [0.717, 1.165) is 16.6 Å². The van der Waals surface area contributed by atoms with Gasteiger partial charge in [-0.15, -0.1) is 0 Å². The van der Waals surface area contributed by atoms with Crippen molar-refractivity contribution in [3.8, 4) is 0 Å². The van der Waals surface area contributed by atoms with Crippen molar-refractivity contribution in [2.75, 3.05) is 26.8 Å². The number of ketones is 1. The lowest BCUT2D eigenvalue weighted by atomic mass is 10.1. The summed E-state index contributed by atoms with van der Waals surface area (Å²) in [4.78, 5) is 11.9. The molecule has 0 spiro atoms. The van der Waals surface area contributed by atoms with Crippen LogP contribution >= 0.6 is 0 Å². The van der Waals surface area contributed by atoms with E-state index >= 15 is 0 Å². The van der Waals surface area contributed by atoms with Crippen LogP contribution in [-0.4, -0.2) is 42.4 Å². The Morgan fingerprint density at radius 2 is 2.21 bits per heavy atom. The lowest BCUT2D eigenvalue weighted by Crippen LogP contribution is -2.27. The third-order valence-corrected chi connectivity index (χ3v) is 3.00. The van der Waals surface area contributed by atoms with E-state index in [9.17, 15) is 4.79 Å². The van der Waals surface area contributed by atoms with Gasteiger partial charge in [-0.25, -0.2) is 0 Å². The maximum atomic E-state index is 11.9. The number of methoxy groups -OCH3 is 1. The van der Waals surface area contributed by atoms with Crippen molar-refractivity contribution < 1.29 is 9.53 Å². The molecule has 1 aromatic carbocycles. The molecule has 0 saturated carbocycles. The molecular weight excluding hydrogens is 242 g/mol. The van der Waals surface area contributed by atoms with Gasteiger partial charge in [0.15, 0.2) is 5.78 Å². The lowest BCUT2D eigenvalue weighted by molar-refractivity contribution is -0.117. The summed E-state index contributed by atoms with van der Waals surface area (Å²) in [6.07, 6.45) is 0.362. The predicted octanol–water partition coefficient (Wildman–Crippen LogP) is 0.921. The monoisotopic (exact) mass is 261 g/mol. The normalized spacial score (nSPS) is 11.1. The molecule has 5 heteroatoms. The summed E-state index contributed by atoms with van der Waals surface area (Å²) in [7, 11) is 3.54. The molecule has 0 aliphatic heterocycles. The molecule has 0 radical (unpaired) electrons. The number of carbonyl (C=O) groups excluding carboxylic acids is 1. The summed E-state index contributed by atoms with van der Waals surface area (Å²) >= 11 is 0. The average molecular weight is 261 g/mol. The summed E-state index contributed by atoms with van der Waals surface area (Å²) in [5, 5.41) is 8.52. The zero-order chi connectivity index (χ0) is 13.7. The van der Waals surface area contributed by atoms with E-state index in [1.165, 1.54) is 0 Å². The maximum Gasteiger partial charge on any atom is 0.152 e. The van der Waals surface area contributed by atoms with E-state index < -0.39 is 0 Å². The molecule has 102 valence electrons. The number of hydrogen-bond acceptors (Lipinski definition) is 4. The minimum atomic E-state index is 0.139. The van der Waals surface area contributed by atoms with E-state index in [4.69, 9.17) is 4.74 Å². The first-order valence-corrected chi connectivity index (χ1v) is 6.34. The molecule has 0 aliphatic carbocycles. The van der Waals surface area contributed by atoms with Gasteiger partial charge in [-0.3, -0.25) is 9.48 Å². The standard InChI is InChI=1S/C14H19N3O2/c1-17-14-6-4-3-5-12(14)13(16-17)9-11(18)10-15-7-8-19-2/h3-6,15H,7-10H2,1-2H3. The first-order valence-electron chi connectivity index (χ1n) is 6.34. The summed E-state index contributed by atoms with van der Waals surface area (Å²) < 4.78 is 6.73. The van der Waals surface area contributed by atoms with Crippen LogP contribution in [0, 0.1) is 0 Å². The van der Waals surface area contributed by atoms with Crippen LogP contribution in [0.2, 0.25) is 0 Å². The van der Waals surface area contributed by atoms with E-state index in [-0.39, 0.29) is 5.78 Å². The zero-order valence-electron chi connectivity index (χ0n) is 11.3. The van der Waals surface area contributed by atoms with Crippen molar-refractivity contribution in [2.24, 2.45) is 7.05 Å². The van der Waals surface area contributed by atoms with Gasteiger partial charge in [0.1, 0.15) is 0 Å². The highest BCUT2D eigenvalue weighted by molar-refractivity contribution is 5.89. The molecule has 0 saturated heterocycles. The zero-order valence-corrected chi connectivity index (χ0v) is 11.3. The Morgan fingerprint density at radius 3 is 3.00 bits per heavy atom. The van der Waals surface area contributed by atoms with Gasteiger partial charge in [0, 0.05) is 26.1 Å². The average Bonchev–Trinajstić information content (AvgIpc) is 2.72. The molecule has 1 heterocycles. The van der Waals surface area contributed by atoms with Gasteiger partial charge in [-0.05, 0) is 6.07 Å². The Kier molecular flexibility index (Phi) is 4.65. The fraction of sp³-hybridized carbons (Fsp3) is 0.429. The Balaban J connectivity index is 1.99. The van der Waals surface area contributed by atoms with Gasteiger partial charge in [-0.2, -0.15) is 5.10 Å². The topological polar surface area (TPSA) is 56.1 Å². The van der Waals surface area contributed by atoms with Crippen molar-refractivity contribution in [1.29, 1.82) is 0 Å². The number of nitrogens with one attached hydrogen (secondary N) is 1. The number of benzene rings is 1. The summed E-state index contributed by atoms with van der Waals surface area (Å²) in [5.74, 6) is 0.139. The number of Topliss-reactive ketones (excluding diaryl/α,β-unsaturated/α-hetero) is 1. The molecule has 2 aromatic rings. The van der Waals surface area contributed by atoms with Crippen molar-refractivity contribution in [2.45, 2.75) is 6.42 Å². The lowest BCUT2D eigenvalue weighted by Gasteiger charge is -2.02. The summed E-state index contributed by atoms with van der Waals surface area (Å²) in [6.45, 7) is 1.65. The second kappa shape index (κ2) is 6.45. The van der Waals surface area contributed by atoms with E-state index in [1.807, 2.05) is 36.0 Å². The number of aryl methyl sites for hydroxylation is 1. The molecule has 1 aromatic heterocycles. The van der Waals surface area contributed by atoms with Gasteiger partial charge < -0.3 is 10.1 Å². The van der Waals surface area contributed by atoms with Gasteiger partial charge in [0.05, 0.1) is 30.8 Å². The molecule has 19 heavy (non-hydrogen) atoms. The molecule has 1 N–H and O–H groups in total.